The molecule has 0 aliphatic heterocycles. The fourth-order valence-electron chi connectivity index (χ4n) is 1.67. The standard InChI is InChI=1S/C12H11NO3/c1-7-2-3-10-9(4-7)11(14)5-8(13-10)6-12(15)16/h2-5H,6H2,1H3,(H,13,14)(H,15,16). The summed E-state index contributed by atoms with van der Waals surface area (Å²) in [5.74, 6) is -0.956. The first-order valence-electron chi connectivity index (χ1n) is 4.90. The number of rotatable bonds is 2. The van der Waals surface area contributed by atoms with Crippen LogP contribution in [0.5, 0.6) is 0 Å². The van der Waals surface area contributed by atoms with Crippen LogP contribution in [0.15, 0.2) is 29.1 Å². The fourth-order valence-corrected chi connectivity index (χ4v) is 1.67. The molecule has 0 saturated heterocycles. The second kappa shape index (κ2) is 3.81. The van der Waals surface area contributed by atoms with Crippen LogP contribution in [0.25, 0.3) is 10.9 Å². The molecule has 2 rings (SSSR count). The van der Waals surface area contributed by atoms with Crippen molar-refractivity contribution in [3.05, 3.63) is 45.7 Å². The topological polar surface area (TPSA) is 70.2 Å². The maximum atomic E-state index is 11.7. The highest BCUT2D eigenvalue weighted by atomic mass is 16.4. The van der Waals surface area contributed by atoms with Crippen LogP contribution < -0.4 is 5.43 Å². The van der Waals surface area contributed by atoms with Crippen LogP contribution >= 0.6 is 0 Å². The number of fused-ring (bicyclic) bond motifs is 1. The highest BCUT2D eigenvalue weighted by Crippen LogP contribution is 2.10. The van der Waals surface area contributed by atoms with Crippen molar-refractivity contribution in [2.75, 3.05) is 0 Å². The minimum atomic E-state index is -0.956. The largest absolute Gasteiger partial charge is 0.481 e. The van der Waals surface area contributed by atoms with E-state index in [4.69, 9.17) is 5.11 Å². The minimum Gasteiger partial charge on any atom is -0.481 e. The van der Waals surface area contributed by atoms with Crippen molar-refractivity contribution in [1.82, 2.24) is 4.98 Å². The number of hydrogen-bond donors (Lipinski definition) is 2. The predicted octanol–water partition coefficient (Wildman–Crippen LogP) is 1.46. The quantitative estimate of drug-likeness (QED) is 0.800. The summed E-state index contributed by atoms with van der Waals surface area (Å²) >= 11 is 0. The van der Waals surface area contributed by atoms with Crippen LogP contribution in [0, 0.1) is 6.92 Å². The average molecular weight is 217 g/mol. The Kier molecular flexibility index (Phi) is 2.48. The molecule has 0 fully saturated rings. The molecule has 82 valence electrons. The van der Waals surface area contributed by atoms with E-state index in [9.17, 15) is 9.59 Å². The van der Waals surface area contributed by atoms with Crippen LogP contribution in [0.1, 0.15) is 11.3 Å². The number of H-pyrrole nitrogens is 1. The molecule has 0 aliphatic carbocycles. The van der Waals surface area contributed by atoms with Gasteiger partial charge in [-0.2, -0.15) is 0 Å². The number of aryl methyl sites for hydroxylation is 1. The number of aromatic nitrogens is 1. The Morgan fingerprint density at radius 1 is 1.38 bits per heavy atom. The summed E-state index contributed by atoms with van der Waals surface area (Å²) in [5.41, 5.74) is 1.96. The van der Waals surface area contributed by atoms with E-state index in [-0.39, 0.29) is 11.8 Å². The summed E-state index contributed by atoms with van der Waals surface area (Å²) in [6.07, 6.45) is -0.168. The second-order valence-electron chi connectivity index (χ2n) is 3.78. The van der Waals surface area contributed by atoms with Crippen LogP contribution in [-0.4, -0.2) is 16.1 Å². The molecule has 1 heterocycles. The molecule has 4 nitrogen and oxygen atoms in total. The van der Waals surface area contributed by atoms with Gasteiger partial charge in [0.1, 0.15) is 0 Å². The lowest BCUT2D eigenvalue weighted by Crippen LogP contribution is -2.09. The zero-order valence-corrected chi connectivity index (χ0v) is 8.78. The Hall–Kier alpha value is -2.10. The summed E-state index contributed by atoms with van der Waals surface area (Å²) in [6.45, 7) is 1.91. The van der Waals surface area contributed by atoms with Gasteiger partial charge in [-0.15, -0.1) is 0 Å². The summed E-state index contributed by atoms with van der Waals surface area (Å²) in [4.78, 5) is 25.2. The van der Waals surface area contributed by atoms with Crippen molar-refractivity contribution in [2.24, 2.45) is 0 Å². The lowest BCUT2D eigenvalue weighted by atomic mass is 10.1. The Morgan fingerprint density at radius 3 is 2.81 bits per heavy atom. The maximum Gasteiger partial charge on any atom is 0.309 e. The molecule has 0 aliphatic rings. The minimum absolute atomic E-state index is 0.145. The molecule has 0 bridgehead atoms. The zero-order valence-electron chi connectivity index (χ0n) is 8.78. The van der Waals surface area contributed by atoms with Crippen LogP contribution in [0.4, 0.5) is 0 Å². The summed E-state index contributed by atoms with van der Waals surface area (Å²) in [5, 5.41) is 9.24. The van der Waals surface area contributed by atoms with Gasteiger partial charge in [0.2, 0.25) is 0 Å². The summed E-state index contributed by atoms with van der Waals surface area (Å²) in [6, 6.07) is 6.80. The molecule has 2 aromatic rings. The fraction of sp³-hybridized carbons (Fsp3) is 0.167. The highest BCUT2D eigenvalue weighted by Gasteiger charge is 2.05. The number of hydrogen-bond acceptors (Lipinski definition) is 2. The maximum absolute atomic E-state index is 11.7. The number of aromatic amines is 1. The molecule has 0 radical (unpaired) electrons. The molecule has 0 atom stereocenters. The number of pyridine rings is 1. The predicted molar refractivity (Wildman–Crippen MR) is 60.6 cm³/mol. The lowest BCUT2D eigenvalue weighted by Gasteiger charge is -2.02. The lowest BCUT2D eigenvalue weighted by molar-refractivity contribution is -0.136. The smallest absolute Gasteiger partial charge is 0.309 e. The third kappa shape index (κ3) is 1.95. The van der Waals surface area contributed by atoms with Gasteiger partial charge >= 0.3 is 5.97 Å². The van der Waals surface area contributed by atoms with Gasteiger partial charge in [0.15, 0.2) is 5.43 Å². The Morgan fingerprint density at radius 2 is 2.12 bits per heavy atom. The van der Waals surface area contributed by atoms with Crippen molar-refractivity contribution >= 4 is 16.9 Å². The van der Waals surface area contributed by atoms with Crippen molar-refractivity contribution < 1.29 is 9.90 Å². The van der Waals surface area contributed by atoms with E-state index in [2.05, 4.69) is 4.98 Å². The van der Waals surface area contributed by atoms with Gasteiger partial charge in [0.05, 0.1) is 6.42 Å². The summed E-state index contributed by atoms with van der Waals surface area (Å²) in [7, 11) is 0. The van der Waals surface area contributed by atoms with E-state index in [1.54, 1.807) is 12.1 Å². The van der Waals surface area contributed by atoms with Gasteiger partial charge in [0.25, 0.3) is 0 Å². The number of benzene rings is 1. The van der Waals surface area contributed by atoms with Gasteiger partial charge in [-0.25, -0.2) is 0 Å². The first kappa shape index (κ1) is 10.4. The zero-order chi connectivity index (χ0) is 11.7. The molecule has 0 unspecified atom stereocenters. The first-order valence-corrected chi connectivity index (χ1v) is 4.90. The highest BCUT2D eigenvalue weighted by molar-refractivity contribution is 5.80. The third-order valence-corrected chi connectivity index (χ3v) is 2.38. The Balaban J connectivity index is 2.64. The SMILES string of the molecule is Cc1ccc2[nH]c(CC(=O)O)cc(=O)c2c1. The second-order valence-corrected chi connectivity index (χ2v) is 3.78. The average Bonchev–Trinajstić information content (AvgIpc) is 2.18. The Labute approximate surface area is 91.5 Å². The monoisotopic (exact) mass is 217 g/mol. The van der Waals surface area contributed by atoms with Crippen LogP contribution in [0.3, 0.4) is 0 Å². The van der Waals surface area contributed by atoms with E-state index in [1.807, 2.05) is 13.0 Å². The molecule has 1 aromatic carbocycles. The van der Waals surface area contributed by atoms with Gasteiger partial charge in [-0.1, -0.05) is 11.6 Å². The molecule has 16 heavy (non-hydrogen) atoms. The van der Waals surface area contributed by atoms with Crippen molar-refractivity contribution in [3.8, 4) is 0 Å². The summed E-state index contributed by atoms with van der Waals surface area (Å²) < 4.78 is 0. The first-order chi connectivity index (χ1) is 7.56. The van der Waals surface area contributed by atoms with E-state index < -0.39 is 5.97 Å². The molecular weight excluding hydrogens is 206 g/mol. The molecule has 4 heteroatoms. The molecule has 2 N–H and O–H groups in total. The molecule has 0 saturated carbocycles. The van der Waals surface area contributed by atoms with Gasteiger partial charge in [0, 0.05) is 22.7 Å². The van der Waals surface area contributed by atoms with Gasteiger partial charge in [-0.3, -0.25) is 9.59 Å². The van der Waals surface area contributed by atoms with Gasteiger partial charge < -0.3 is 10.1 Å². The molecule has 0 spiro atoms. The number of carboxylic acids is 1. The van der Waals surface area contributed by atoms with Crippen LogP contribution in [0.2, 0.25) is 0 Å². The number of carboxylic acid groups (broad SMARTS) is 1. The van der Waals surface area contributed by atoms with Crippen molar-refractivity contribution in [2.45, 2.75) is 13.3 Å². The van der Waals surface area contributed by atoms with Crippen molar-refractivity contribution in [1.29, 1.82) is 0 Å². The normalized spacial score (nSPS) is 10.6. The Bertz CT molecular complexity index is 613. The van der Waals surface area contributed by atoms with E-state index in [1.165, 1.54) is 6.07 Å². The van der Waals surface area contributed by atoms with E-state index in [0.717, 1.165) is 5.56 Å². The van der Waals surface area contributed by atoms with Crippen LogP contribution in [-0.2, 0) is 11.2 Å². The number of nitrogens with one attached hydrogen (secondary N) is 1. The molecule has 1 aromatic heterocycles. The molecule has 0 amide bonds. The third-order valence-electron chi connectivity index (χ3n) is 2.38. The number of aliphatic carboxylic acids is 1. The van der Waals surface area contributed by atoms with Gasteiger partial charge in [-0.05, 0) is 19.1 Å². The van der Waals surface area contributed by atoms with E-state index >= 15 is 0 Å². The number of carbonyl (C=O) groups is 1. The van der Waals surface area contributed by atoms with E-state index in [0.29, 0.717) is 16.6 Å². The molecular formula is C12H11NO3. The van der Waals surface area contributed by atoms with Crippen molar-refractivity contribution in [3.63, 3.8) is 0 Å².